The van der Waals surface area contributed by atoms with E-state index in [2.05, 4.69) is 5.32 Å². The van der Waals surface area contributed by atoms with Crippen LogP contribution in [-0.2, 0) is 14.8 Å². The van der Waals surface area contributed by atoms with Crippen molar-refractivity contribution in [3.05, 3.63) is 71.8 Å². The summed E-state index contributed by atoms with van der Waals surface area (Å²) in [5.41, 5.74) is 2.93. The molecule has 162 valence electrons. The first-order valence-corrected chi connectivity index (χ1v) is 11.9. The topological polar surface area (TPSA) is 69.7 Å². The van der Waals surface area contributed by atoms with E-state index in [1.165, 1.54) is 4.31 Å². The van der Waals surface area contributed by atoms with Crippen molar-refractivity contribution in [3.63, 3.8) is 0 Å². The Labute approximate surface area is 183 Å². The summed E-state index contributed by atoms with van der Waals surface area (Å²) in [6.07, 6.45) is 0. The lowest BCUT2D eigenvalue weighted by molar-refractivity contribution is -0.117. The number of hydrogen-bond acceptors (Lipinski definition) is 4. The molecule has 1 fully saturated rings. The number of rotatable bonds is 5. The summed E-state index contributed by atoms with van der Waals surface area (Å²) in [5.74, 6) is -0.0838. The van der Waals surface area contributed by atoms with Crippen LogP contribution < -0.4 is 5.32 Å². The van der Waals surface area contributed by atoms with E-state index in [0.717, 1.165) is 27.6 Å². The van der Waals surface area contributed by atoms with Gasteiger partial charge in [0.05, 0.1) is 11.4 Å². The fourth-order valence-corrected chi connectivity index (χ4v) is 5.33. The molecule has 0 radical (unpaired) electrons. The third kappa shape index (κ3) is 4.79. The molecular weight excluding hydrogens is 410 g/mol. The molecule has 1 heterocycles. The van der Waals surface area contributed by atoms with Crippen molar-refractivity contribution >= 4 is 32.4 Å². The van der Waals surface area contributed by atoms with Crippen LogP contribution in [0, 0.1) is 13.8 Å². The number of fused-ring (bicyclic) bond motifs is 1. The Morgan fingerprint density at radius 3 is 2.35 bits per heavy atom. The summed E-state index contributed by atoms with van der Waals surface area (Å²) in [7, 11) is -3.56. The molecule has 0 unspecified atom stereocenters. The number of aryl methyl sites for hydroxylation is 2. The molecule has 7 heteroatoms. The van der Waals surface area contributed by atoms with Gasteiger partial charge in [0.1, 0.15) is 0 Å². The Morgan fingerprint density at radius 1 is 0.903 bits per heavy atom. The molecule has 31 heavy (non-hydrogen) atoms. The quantitative estimate of drug-likeness (QED) is 0.664. The van der Waals surface area contributed by atoms with Crippen LogP contribution in [0.2, 0.25) is 0 Å². The Hall–Kier alpha value is -2.74. The van der Waals surface area contributed by atoms with Crippen LogP contribution >= 0.6 is 0 Å². The van der Waals surface area contributed by atoms with Crippen LogP contribution in [0.25, 0.3) is 10.8 Å². The fourth-order valence-electron chi connectivity index (χ4n) is 3.87. The van der Waals surface area contributed by atoms with Crippen LogP contribution in [0.3, 0.4) is 0 Å². The number of benzene rings is 3. The highest BCUT2D eigenvalue weighted by atomic mass is 32.2. The Morgan fingerprint density at radius 2 is 1.61 bits per heavy atom. The van der Waals surface area contributed by atoms with E-state index in [1.807, 2.05) is 67.3 Å². The van der Waals surface area contributed by atoms with Gasteiger partial charge in [-0.3, -0.25) is 9.69 Å². The first-order chi connectivity index (χ1) is 14.8. The predicted molar refractivity (Wildman–Crippen MR) is 124 cm³/mol. The van der Waals surface area contributed by atoms with Gasteiger partial charge in [-0.1, -0.05) is 42.5 Å². The van der Waals surface area contributed by atoms with Gasteiger partial charge < -0.3 is 5.32 Å². The van der Waals surface area contributed by atoms with Gasteiger partial charge in [0.25, 0.3) is 0 Å². The number of amides is 1. The molecule has 0 bridgehead atoms. The van der Waals surface area contributed by atoms with E-state index in [0.29, 0.717) is 31.1 Å². The van der Waals surface area contributed by atoms with Crippen LogP contribution in [0.1, 0.15) is 11.1 Å². The maximum absolute atomic E-state index is 13.1. The second kappa shape index (κ2) is 8.78. The molecule has 0 saturated carbocycles. The number of carbonyl (C=O) groups is 1. The van der Waals surface area contributed by atoms with Crippen molar-refractivity contribution in [3.8, 4) is 0 Å². The van der Waals surface area contributed by atoms with Crippen molar-refractivity contribution in [2.75, 3.05) is 38.0 Å². The largest absolute Gasteiger partial charge is 0.325 e. The van der Waals surface area contributed by atoms with Gasteiger partial charge in [0.2, 0.25) is 15.9 Å². The van der Waals surface area contributed by atoms with Crippen LogP contribution in [0.4, 0.5) is 5.69 Å². The van der Waals surface area contributed by atoms with E-state index >= 15 is 0 Å². The van der Waals surface area contributed by atoms with E-state index < -0.39 is 10.0 Å². The zero-order valence-electron chi connectivity index (χ0n) is 17.8. The number of piperazine rings is 1. The van der Waals surface area contributed by atoms with Crippen molar-refractivity contribution < 1.29 is 13.2 Å². The van der Waals surface area contributed by atoms with Crippen molar-refractivity contribution in [2.45, 2.75) is 18.7 Å². The zero-order chi connectivity index (χ0) is 22.0. The SMILES string of the molecule is Cc1ccc(C)c(NC(=O)CN2CCN(S(=O)(=O)c3ccc4ccccc4c3)CC2)c1. The van der Waals surface area contributed by atoms with Crippen molar-refractivity contribution in [1.82, 2.24) is 9.21 Å². The minimum Gasteiger partial charge on any atom is -0.325 e. The number of nitrogens with zero attached hydrogens (tertiary/aromatic N) is 2. The van der Waals surface area contributed by atoms with E-state index in [1.54, 1.807) is 12.1 Å². The summed E-state index contributed by atoms with van der Waals surface area (Å²) in [5, 5.41) is 4.89. The molecule has 0 spiro atoms. The standard InChI is InChI=1S/C24H27N3O3S/c1-18-7-8-19(2)23(15-18)25-24(28)17-26-11-13-27(14-12-26)31(29,30)22-10-9-20-5-3-4-6-21(20)16-22/h3-10,15-16H,11-14,17H2,1-2H3,(H,25,28). The number of sulfonamides is 1. The first-order valence-electron chi connectivity index (χ1n) is 10.4. The predicted octanol–water partition coefficient (Wildman–Crippen LogP) is 3.40. The summed E-state index contributed by atoms with van der Waals surface area (Å²) >= 11 is 0. The molecule has 1 N–H and O–H groups in total. The Kier molecular flexibility index (Phi) is 6.09. The molecule has 0 atom stereocenters. The number of hydrogen-bond donors (Lipinski definition) is 1. The zero-order valence-corrected chi connectivity index (χ0v) is 18.7. The number of carbonyl (C=O) groups excluding carboxylic acids is 1. The molecule has 6 nitrogen and oxygen atoms in total. The smallest absolute Gasteiger partial charge is 0.243 e. The maximum Gasteiger partial charge on any atom is 0.243 e. The lowest BCUT2D eigenvalue weighted by Gasteiger charge is -2.33. The lowest BCUT2D eigenvalue weighted by Crippen LogP contribution is -2.50. The first kappa shape index (κ1) is 21.5. The van der Waals surface area contributed by atoms with Gasteiger partial charge in [-0.2, -0.15) is 4.31 Å². The molecule has 3 aromatic rings. The monoisotopic (exact) mass is 437 g/mol. The molecule has 0 aromatic heterocycles. The van der Waals surface area contributed by atoms with E-state index in [9.17, 15) is 13.2 Å². The molecule has 1 aliphatic rings. The van der Waals surface area contributed by atoms with Gasteiger partial charge in [-0.25, -0.2) is 8.42 Å². The normalized spacial score (nSPS) is 15.8. The molecule has 1 amide bonds. The summed E-state index contributed by atoms with van der Waals surface area (Å²) < 4.78 is 27.7. The summed E-state index contributed by atoms with van der Waals surface area (Å²) in [6.45, 7) is 5.98. The highest BCUT2D eigenvalue weighted by Crippen LogP contribution is 2.23. The van der Waals surface area contributed by atoms with Crippen molar-refractivity contribution in [1.29, 1.82) is 0 Å². The summed E-state index contributed by atoms with van der Waals surface area (Å²) in [6, 6.07) is 18.9. The highest BCUT2D eigenvalue weighted by Gasteiger charge is 2.29. The van der Waals surface area contributed by atoms with E-state index in [-0.39, 0.29) is 12.5 Å². The second-order valence-electron chi connectivity index (χ2n) is 8.06. The molecule has 4 rings (SSSR count). The van der Waals surface area contributed by atoms with Gasteiger partial charge in [0, 0.05) is 31.9 Å². The third-order valence-electron chi connectivity index (χ3n) is 5.72. The highest BCUT2D eigenvalue weighted by molar-refractivity contribution is 7.89. The maximum atomic E-state index is 13.1. The molecule has 1 saturated heterocycles. The van der Waals surface area contributed by atoms with Gasteiger partial charge >= 0.3 is 0 Å². The minimum atomic E-state index is -3.56. The van der Waals surface area contributed by atoms with Crippen LogP contribution in [-0.4, -0.2) is 56.3 Å². The molecular formula is C24H27N3O3S. The average Bonchev–Trinajstić information content (AvgIpc) is 2.76. The van der Waals surface area contributed by atoms with E-state index in [4.69, 9.17) is 0 Å². The van der Waals surface area contributed by atoms with Gasteiger partial charge in [-0.05, 0) is 53.9 Å². The third-order valence-corrected chi connectivity index (χ3v) is 7.62. The number of nitrogens with one attached hydrogen (secondary N) is 1. The molecule has 1 aliphatic heterocycles. The van der Waals surface area contributed by atoms with Crippen LogP contribution in [0.15, 0.2) is 65.6 Å². The summed E-state index contributed by atoms with van der Waals surface area (Å²) in [4.78, 5) is 14.8. The number of anilines is 1. The average molecular weight is 438 g/mol. The van der Waals surface area contributed by atoms with Gasteiger partial charge in [0.15, 0.2) is 0 Å². The lowest BCUT2D eigenvalue weighted by atomic mass is 10.1. The fraction of sp³-hybridized carbons (Fsp3) is 0.292. The molecule has 0 aliphatic carbocycles. The van der Waals surface area contributed by atoms with Crippen LogP contribution in [0.5, 0.6) is 0 Å². The van der Waals surface area contributed by atoms with Gasteiger partial charge in [-0.15, -0.1) is 0 Å². The minimum absolute atomic E-state index is 0.0838. The Balaban J connectivity index is 1.37. The van der Waals surface area contributed by atoms with Crippen molar-refractivity contribution in [2.24, 2.45) is 0 Å². The second-order valence-corrected chi connectivity index (χ2v) is 9.99. The Bertz CT molecular complexity index is 1220. The molecule has 3 aromatic carbocycles.